The number of nitrogens with two attached hydrogens (primary N) is 1. The number of hydrogen-bond donors (Lipinski definition) is 2. The third-order valence-electron chi connectivity index (χ3n) is 3.82. The molecule has 1 aliphatic rings. The second-order valence-electron chi connectivity index (χ2n) is 5.23. The average Bonchev–Trinajstić information content (AvgIpc) is 2.55. The summed E-state index contributed by atoms with van der Waals surface area (Å²) in [5.74, 6) is 0.993. The first-order chi connectivity index (χ1) is 10.1. The maximum Gasteiger partial charge on any atom is 0.227 e. The Balaban J connectivity index is 1.95. The van der Waals surface area contributed by atoms with Gasteiger partial charge in [0.1, 0.15) is 11.6 Å². The van der Waals surface area contributed by atoms with E-state index in [1.165, 1.54) is 0 Å². The highest BCUT2D eigenvalue weighted by molar-refractivity contribution is 5.84. The fourth-order valence-electron chi connectivity index (χ4n) is 2.56. The van der Waals surface area contributed by atoms with E-state index in [9.17, 15) is 4.79 Å². The Kier molecular flexibility index (Phi) is 5.03. The van der Waals surface area contributed by atoms with E-state index in [0.717, 1.165) is 30.7 Å². The molecule has 3 N–H and O–H groups in total. The van der Waals surface area contributed by atoms with Crippen LogP contribution in [-0.2, 0) is 11.2 Å². The number of rotatable bonds is 4. The molecule has 1 unspecified atom stereocenters. The lowest BCUT2D eigenvalue weighted by Gasteiger charge is -2.32. The van der Waals surface area contributed by atoms with Crippen LogP contribution in [0.1, 0.15) is 18.4 Å². The predicted octanol–water partition coefficient (Wildman–Crippen LogP) is 1.22. The summed E-state index contributed by atoms with van der Waals surface area (Å²) in [6.07, 6.45) is 2.07. The molecule has 1 amide bonds. The summed E-state index contributed by atoms with van der Waals surface area (Å²) >= 11 is 0. The van der Waals surface area contributed by atoms with Crippen molar-refractivity contribution < 1.29 is 14.7 Å². The number of ether oxygens (including phenoxy) is 1. The van der Waals surface area contributed by atoms with Gasteiger partial charge >= 0.3 is 0 Å². The number of amidine groups is 1. The van der Waals surface area contributed by atoms with Crippen molar-refractivity contribution in [1.82, 2.24) is 4.90 Å². The minimum atomic E-state index is -0.0523. The first-order valence-electron chi connectivity index (χ1n) is 7.02. The smallest absolute Gasteiger partial charge is 0.227 e. The predicted molar refractivity (Wildman–Crippen MR) is 79.4 cm³/mol. The Morgan fingerprint density at radius 2 is 2.19 bits per heavy atom. The van der Waals surface area contributed by atoms with Crippen molar-refractivity contribution in [1.29, 1.82) is 0 Å². The SMILES string of the molecule is COc1ccc(CC(=O)N2CCCC(C(N)=NO)C2)cc1. The summed E-state index contributed by atoms with van der Waals surface area (Å²) in [5, 5.41) is 11.8. The van der Waals surface area contributed by atoms with E-state index in [2.05, 4.69) is 5.16 Å². The first kappa shape index (κ1) is 15.2. The van der Waals surface area contributed by atoms with Crippen molar-refractivity contribution in [2.24, 2.45) is 16.8 Å². The number of hydrogen-bond acceptors (Lipinski definition) is 4. The second kappa shape index (κ2) is 6.97. The van der Waals surface area contributed by atoms with E-state index in [1.54, 1.807) is 12.0 Å². The number of nitrogens with zero attached hydrogens (tertiary/aromatic N) is 2. The van der Waals surface area contributed by atoms with Crippen molar-refractivity contribution in [3.05, 3.63) is 29.8 Å². The Morgan fingerprint density at radius 3 is 2.81 bits per heavy atom. The van der Waals surface area contributed by atoms with Crippen LogP contribution in [-0.4, -0.2) is 42.0 Å². The number of oxime groups is 1. The van der Waals surface area contributed by atoms with E-state index in [0.29, 0.717) is 13.0 Å². The minimum absolute atomic E-state index is 0.0523. The standard InChI is InChI=1S/C15H21N3O3/c1-21-13-6-4-11(5-7-13)9-14(19)18-8-2-3-12(10-18)15(16)17-20/h4-7,12,20H,2-3,8-10H2,1H3,(H2,16,17). The van der Waals surface area contributed by atoms with Crippen LogP contribution in [0.4, 0.5) is 0 Å². The lowest BCUT2D eigenvalue weighted by atomic mass is 9.96. The van der Waals surface area contributed by atoms with Crippen molar-refractivity contribution in [2.75, 3.05) is 20.2 Å². The molecule has 1 atom stereocenters. The van der Waals surface area contributed by atoms with Gasteiger partial charge in [0, 0.05) is 19.0 Å². The average molecular weight is 291 g/mol. The fraction of sp³-hybridized carbons (Fsp3) is 0.467. The van der Waals surface area contributed by atoms with Gasteiger partial charge in [-0.05, 0) is 30.5 Å². The van der Waals surface area contributed by atoms with E-state index in [4.69, 9.17) is 15.7 Å². The van der Waals surface area contributed by atoms with Gasteiger partial charge in [0.2, 0.25) is 5.91 Å². The summed E-state index contributed by atoms with van der Waals surface area (Å²) in [6, 6.07) is 7.47. The van der Waals surface area contributed by atoms with Gasteiger partial charge in [0.15, 0.2) is 0 Å². The van der Waals surface area contributed by atoms with Gasteiger partial charge in [-0.2, -0.15) is 0 Å². The maximum absolute atomic E-state index is 12.3. The van der Waals surface area contributed by atoms with Crippen molar-refractivity contribution in [2.45, 2.75) is 19.3 Å². The van der Waals surface area contributed by atoms with Crippen molar-refractivity contribution >= 4 is 11.7 Å². The molecule has 0 bridgehead atoms. The number of piperidine rings is 1. The van der Waals surface area contributed by atoms with Crippen LogP contribution in [0.25, 0.3) is 0 Å². The van der Waals surface area contributed by atoms with Crippen LogP contribution in [0, 0.1) is 5.92 Å². The minimum Gasteiger partial charge on any atom is -0.497 e. The maximum atomic E-state index is 12.3. The molecule has 1 saturated heterocycles. The molecule has 1 aromatic carbocycles. The van der Waals surface area contributed by atoms with Gasteiger partial charge in [0.25, 0.3) is 0 Å². The highest BCUT2D eigenvalue weighted by atomic mass is 16.5. The largest absolute Gasteiger partial charge is 0.497 e. The lowest BCUT2D eigenvalue weighted by Crippen LogP contribution is -2.44. The monoisotopic (exact) mass is 291 g/mol. The number of carbonyl (C=O) groups is 1. The molecular formula is C15H21N3O3. The molecule has 0 aromatic heterocycles. The summed E-state index contributed by atoms with van der Waals surface area (Å²) in [6.45, 7) is 1.25. The number of benzene rings is 1. The van der Waals surface area contributed by atoms with Gasteiger partial charge in [-0.1, -0.05) is 17.3 Å². The Morgan fingerprint density at radius 1 is 1.48 bits per heavy atom. The summed E-state index contributed by atoms with van der Waals surface area (Å²) in [5.41, 5.74) is 6.59. The van der Waals surface area contributed by atoms with E-state index >= 15 is 0 Å². The summed E-state index contributed by atoms with van der Waals surface area (Å²) in [4.78, 5) is 14.1. The van der Waals surface area contributed by atoms with Gasteiger partial charge in [-0.3, -0.25) is 4.79 Å². The highest BCUT2D eigenvalue weighted by Gasteiger charge is 2.26. The van der Waals surface area contributed by atoms with E-state index in [-0.39, 0.29) is 17.7 Å². The number of methoxy groups -OCH3 is 1. The Labute approximate surface area is 124 Å². The second-order valence-corrected chi connectivity index (χ2v) is 5.23. The van der Waals surface area contributed by atoms with Crippen LogP contribution in [0.15, 0.2) is 29.4 Å². The molecule has 2 rings (SSSR count). The first-order valence-corrected chi connectivity index (χ1v) is 7.02. The molecule has 114 valence electrons. The van der Waals surface area contributed by atoms with Crippen LogP contribution >= 0.6 is 0 Å². The molecule has 0 spiro atoms. The van der Waals surface area contributed by atoms with Gasteiger partial charge in [0.05, 0.1) is 13.5 Å². The third-order valence-corrected chi connectivity index (χ3v) is 3.82. The zero-order valence-electron chi connectivity index (χ0n) is 12.2. The summed E-state index contributed by atoms with van der Waals surface area (Å²) in [7, 11) is 1.61. The molecule has 1 fully saturated rings. The number of carbonyl (C=O) groups excluding carboxylic acids is 1. The Hall–Kier alpha value is -2.24. The van der Waals surface area contributed by atoms with Gasteiger partial charge in [-0.15, -0.1) is 0 Å². The molecule has 1 heterocycles. The third kappa shape index (κ3) is 3.87. The fourth-order valence-corrected chi connectivity index (χ4v) is 2.56. The molecule has 0 saturated carbocycles. The van der Waals surface area contributed by atoms with Crippen LogP contribution in [0.2, 0.25) is 0 Å². The van der Waals surface area contributed by atoms with E-state index in [1.807, 2.05) is 24.3 Å². The van der Waals surface area contributed by atoms with Crippen molar-refractivity contribution in [3.63, 3.8) is 0 Å². The van der Waals surface area contributed by atoms with Crippen LogP contribution in [0.3, 0.4) is 0 Å². The topological polar surface area (TPSA) is 88.2 Å². The molecule has 21 heavy (non-hydrogen) atoms. The van der Waals surface area contributed by atoms with Crippen LogP contribution in [0.5, 0.6) is 5.75 Å². The molecule has 1 aromatic rings. The van der Waals surface area contributed by atoms with Crippen LogP contribution < -0.4 is 10.5 Å². The van der Waals surface area contributed by atoms with Gasteiger partial charge < -0.3 is 20.6 Å². The highest BCUT2D eigenvalue weighted by Crippen LogP contribution is 2.18. The molecule has 0 radical (unpaired) electrons. The summed E-state index contributed by atoms with van der Waals surface area (Å²) < 4.78 is 5.10. The Bertz CT molecular complexity index is 513. The van der Waals surface area contributed by atoms with Gasteiger partial charge in [-0.25, -0.2) is 0 Å². The quantitative estimate of drug-likeness (QED) is 0.378. The number of likely N-dealkylation sites (tertiary alicyclic amines) is 1. The zero-order valence-corrected chi connectivity index (χ0v) is 12.2. The lowest BCUT2D eigenvalue weighted by molar-refractivity contribution is -0.131. The zero-order chi connectivity index (χ0) is 15.2. The molecule has 6 nitrogen and oxygen atoms in total. The molecule has 6 heteroatoms. The van der Waals surface area contributed by atoms with E-state index < -0.39 is 0 Å². The molecular weight excluding hydrogens is 270 g/mol. The molecule has 1 aliphatic heterocycles. The van der Waals surface area contributed by atoms with Crippen molar-refractivity contribution in [3.8, 4) is 5.75 Å². The number of amides is 1. The molecule has 0 aliphatic carbocycles. The normalized spacial score (nSPS) is 19.4.